The molecule has 0 bridgehead atoms. The summed E-state index contributed by atoms with van der Waals surface area (Å²) in [6.45, 7) is 6.48. The number of likely N-dealkylation sites (tertiary alicyclic amines) is 1. The van der Waals surface area contributed by atoms with Crippen LogP contribution in [0.1, 0.15) is 73.8 Å². The van der Waals surface area contributed by atoms with Crippen molar-refractivity contribution < 1.29 is 33.2 Å². The molecule has 12 nitrogen and oxygen atoms in total. The van der Waals surface area contributed by atoms with E-state index in [2.05, 4.69) is 10.1 Å². The number of pyridine rings is 2. The molecule has 52 heavy (non-hydrogen) atoms. The number of amides is 2. The van der Waals surface area contributed by atoms with Gasteiger partial charge in [0, 0.05) is 61.6 Å². The van der Waals surface area contributed by atoms with Gasteiger partial charge in [0.15, 0.2) is 6.29 Å². The number of rotatable bonds is 8. The number of fused-ring (bicyclic) bond motifs is 1. The van der Waals surface area contributed by atoms with Crippen molar-refractivity contribution in [3.63, 3.8) is 0 Å². The monoisotopic (exact) mass is 703 g/mol. The van der Waals surface area contributed by atoms with Crippen molar-refractivity contribution in [3.8, 4) is 33.6 Å². The smallest absolute Gasteiger partial charge is 0.329 e. The third kappa shape index (κ3) is 7.58. The van der Waals surface area contributed by atoms with E-state index in [9.17, 15) is 14.4 Å². The topological polar surface area (TPSA) is 137 Å². The summed E-state index contributed by atoms with van der Waals surface area (Å²) in [6.07, 6.45) is 6.81. The van der Waals surface area contributed by atoms with E-state index < -0.39 is 23.9 Å². The van der Waals surface area contributed by atoms with E-state index in [0.717, 1.165) is 41.5 Å². The lowest BCUT2D eigenvalue weighted by atomic mass is 9.99. The minimum atomic E-state index is -0.646. The molecule has 0 spiro atoms. The fourth-order valence-corrected chi connectivity index (χ4v) is 6.53. The zero-order valence-corrected chi connectivity index (χ0v) is 29.7. The SMILES string of the molecule is CN(OC1CCCCO1)C(=O)c1cc(-c2ccc(-c3ccc(-c4cc(C(=O)N5CCC[C@@H]5C(=O)OC(C)(C)C)on4)cc3)cc2)nc2ccncc12. The van der Waals surface area contributed by atoms with Gasteiger partial charge in [-0.1, -0.05) is 53.7 Å². The van der Waals surface area contributed by atoms with E-state index in [1.807, 2.05) is 69.3 Å². The molecule has 2 amide bonds. The molecule has 12 heteroatoms. The van der Waals surface area contributed by atoms with Crippen molar-refractivity contribution >= 4 is 28.7 Å². The first-order valence-electron chi connectivity index (χ1n) is 17.6. The highest BCUT2D eigenvalue weighted by molar-refractivity contribution is 6.06. The lowest BCUT2D eigenvalue weighted by Gasteiger charge is -2.27. The highest BCUT2D eigenvalue weighted by Gasteiger charge is 2.38. The predicted octanol–water partition coefficient (Wildman–Crippen LogP) is 7.10. The van der Waals surface area contributed by atoms with Crippen LogP contribution >= 0.6 is 0 Å². The fraction of sp³-hybridized carbons (Fsp3) is 0.350. The number of hydrogen-bond donors (Lipinski definition) is 0. The minimum Gasteiger partial charge on any atom is -0.458 e. The fourth-order valence-electron chi connectivity index (χ4n) is 6.53. The Hall–Kier alpha value is -5.46. The normalized spacial score (nSPS) is 17.7. The van der Waals surface area contributed by atoms with E-state index in [4.69, 9.17) is 23.8 Å². The lowest BCUT2D eigenvalue weighted by molar-refractivity contribution is -0.258. The third-order valence-corrected chi connectivity index (χ3v) is 9.15. The first-order chi connectivity index (χ1) is 25.0. The average Bonchev–Trinajstić information content (AvgIpc) is 3.85. The summed E-state index contributed by atoms with van der Waals surface area (Å²) in [5, 5.41) is 6.02. The molecule has 5 heterocycles. The molecule has 3 aromatic heterocycles. The molecule has 0 aliphatic carbocycles. The quantitative estimate of drug-likeness (QED) is 0.122. The van der Waals surface area contributed by atoms with Crippen LogP contribution < -0.4 is 0 Å². The molecule has 0 N–H and O–H groups in total. The average molecular weight is 704 g/mol. The van der Waals surface area contributed by atoms with Gasteiger partial charge in [0.05, 0.1) is 16.8 Å². The van der Waals surface area contributed by atoms with Crippen molar-refractivity contribution in [2.45, 2.75) is 70.8 Å². The number of nitrogens with zero attached hydrogens (tertiary/aromatic N) is 5. The van der Waals surface area contributed by atoms with Gasteiger partial charge in [-0.25, -0.2) is 19.7 Å². The Morgan fingerprint density at radius 3 is 2.23 bits per heavy atom. The highest BCUT2D eigenvalue weighted by Crippen LogP contribution is 2.31. The Kier molecular flexibility index (Phi) is 9.85. The first-order valence-corrected chi connectivity index (χ1v) is 17.6. The van der Waals surface area contributed by atoms with Crippen molar-refractivity contribution in [2.24, 2.45) is 0 Å². The Morgan fingerprint density at radius 2 is 1.56 bits per heavy atom. The molecule has 2 saturated heterocycles. The summed E-state index contributed by atoms with van der Waals surface area (Å²) >= 11 is 0. The Labute approximate surface area is 301 Å². The predicted molar refractivity (Wildman–Crippen MR) is 193 cm³/mol. The molecule has 7 rings (SSSR count). The van der Waals surface area contributed by atoms with Crippen molar-refractivity contribution in [2.75, 3.05) is 20.2 Å². The van der Waals surface area contributed by atoms with Crippen LogP contribution in [0.25, 0.3) is 44.5 Å². The molecule has 2 fully saturated rings. The summed E-state index contributed by atoms with van der Waals surface area (Å²) in [5.74, 6) is -1.03. The highest BCUT2D eigenvalue weighted by atomic mass is 16.8. The zero-order valence-electron chi connectivity index (χ0n) is 29.7. The molecule has 2 aliphatic rings. The molecule has 2 atom stereocenters. The van der Waals surface area contributed by atoms with Gasteiger partial charge in [-0.15, -0.1) is 0 Å². The van der Waals surface area contributed by atoms with Crippen molar-refractivity contribution in [1.82, 2.24) is 25.1 Å². The van der Waals surface area contributed by atoms with Crippen LogP contribution in [0.3, 0.4) is 0 Å². The molecule has 2 aromatic carbocycles. The van der Waals surface area contributed by atoms with Gasteiger partial charge in [-0.3, -0.25) is 14.6 Å². The summed E-state index contributed by atoms with van der Waals surface area (Å²) in [4.78, 5) is 56.1. The number of ether oxygens (including phenoxy) is 2. The van der Waals surface area contributed by atoms with Crippen molar-refractivity contribution in [3.05, 3.63) is 90.4 Å². The van der Waals surface area contributed by atoms with Crippen LogP contribution in [0.15, 0.2) is 83.6 Å². The van der Waals surface area contributed by atoms with Gasteiger partial charge < -0.3 is 18.9 Å². The minimum absolute atomic E-state index is 0.0750. The molecule has 0 radical (unpaired) electrons. The van der Waals surface area contributed by atoms with Crippen LogP contribution in [-0.2, 0) is 19.1 Å². The molecule has 5 aromatic rings. The van der Waals surface area contributed by atoms with Crippen LogP contribution in [0, 0.1) is 0 Å². The Bertz CT molecular complexity index is 2080. The van der Waals surface area contributed by atoms with Gasteiger partial charge in [-0.05, 0) is 69.7 Å². The van der Waals surface area contributed by atoms with Crippen LogP contribution in [0.4, 0.5) is 0 Å². The third-order valence-electron chi connectivity index (χ3n) is 9.15. The van der Waals surface area contributed by atoms with Gasteiger partial charge in [0.25, 0.3) is 11.8 Å². The van der Waals surface area contributed by atoms with Crippen LogP contribution in [-0.4, -0.2) is 81.0 Å². The standard InChI is InChI=1S/C40H41N5O7/c1-40(2,3)50-39(48)34-8-7-20-45(34)38(47)35-23-33(43-51-35)28-16-12-26(13-17-28)25-10-14-27(15-11-25)32-22-29(30-24-41-19-18-31(30)42-32)37(46)44(4)52-36-9-5-6-21-49-36/h10-19,22-24,34,36H,5-9,20-21H2,1-4H3/t34-,36?/m1/s1. The summed E-state index contributed by atoms with van der Waals surface area (Å²) in [7, 11) is 1.60. The van der Waals surface area contributed by atoms with E-state index in [1.165, 1.54) is 9.96 Å². The van der Waals surface area contributed by atoms with E-state index in [-0.39, 0.29) is 17.6 Å². The second-order valence-electron chi connectivity index (χ2n) is 14.1. The maximum atomic E-state index is 13.6. The second-order valence-corrected chi connectivity index (χ2v) is 14.1. The van der Waals surface area contributed by atoms with Gasteiger partial charge in [0.1, 0.15) is 17.3 Å². The van der Waals surface area contributed by atoms with Crippen LogP contribution in [0.2, 0.25) is 0 Å². The number of hydroxylamine groups is 2. The number of esters is 1. The molecule has 0 saturated carbocycles. The summed E-state index contributed by atoms with van der Waals surface area (Å²) in [6, 6.07) is 20.3. The number of carbonyl (C=O) groups excluding carboxylic acids is 3. The first kappa shape index (κ1) is 35.0. The summed E-state index contributed by atoms with van der Waals surface area (Å²) in [5.41, 5.74) is 5.20. The number of benzene rings is 2. The van der Waals surface area contributed by atoms with Gasteiger partial charge >= 0.3 is 5.97 Å². The van der Waals surface area contributed by atoms with E-state index in [1.54, 1.807) is 37.6 Å². The molecular weight excluding hydrogens is 662 g/mol. The Balaban J connectivity index is 1.05. The van der Waals surface area contributed by atoms with Gasteiger partial charge in [0.2, 0.25) is 5.76 Å². The largest absolute Gasteiger partial charge is 0.458 e. The second kappa shape index (κ2) is 14.6. The maximum Gasteiger partial charge on any atom is 0.329 e. The van der Waals surface area contributed by atoms with Crippen LogP contribution in [0.5, 0.6) is 0 Å². The van der Waals surface area contributed by atoms with E-state index >= 15 is 0 Å². The maximum absolute atomic E-state index is 13.6. The molecule has 2 aliphatic heterocycles. The molecule has 268 valence electrons. The van der Waals surface area contributed by atoms with Crippen molar-refractivity contribution in [1.29, 1.82) is 0 Å². The number of aromatic nitrogens is 3. The lowest BCUT2D eigenvalue weighted by Crippen LogP contribution is -2.43. The number of hydrogen-bond acceptors (Lipinski definition) is 10. The van der Waals surface area contributed by atoms with Gasteiger partial charge in [-0.2, -0.15) is 0 Å². The summed E-state index contributed by atoms with van der Waals surface area (Å²) < 4.78 is 16.7. The molecular formula is C40H41N5O7. The zero-order chi connectivity index (χ0) is 36.4. The molecule has 1 unspecified atom stereocenters. The number of carbonyl (C=O) groups is 3. The Morgan fingerprint density at radius 1 is 0.865 bits per heavy atom. The van der Waals surface area contributed by atoms with E-state index in [0.29, 0.717) is 53.8 Å².